The van der Waals surface area contributed by atoms with E-state index in [1.807, 2.05) is 29.2 Å². The Morgan fingerprint density at radius 2 is 2.04 bits per heavy atom. The highest BCUT2D eigenvalue weighted by Gasteiger charge is 2.23. The van der Waals surface area contributed by atoms with E-state index in [1.54, 1.807) is 18.4 Å². The number of ether oxygens (including phenoxy) is 1. The van der Waals surface area contributed by atoms with Gasteiger partial charge in [0.05, 0.1) is 13.5 Å². The van der Waals surface area contributed by atoms with E-state index in [-0.39, 0.29) is 5.91 Å². The Kier molecular flexibility index (Phi) is 5.88. The molecule has 1 saturated heterocycles. The monoisotopic (exact) mass is 344 g/mol. The fourth-order valence-electron chi connectivity index (χ4n) is 3.11. The van der Waals surface area contributed by atoms with Crippen molar-refractivity contribution in [3.63, 3.8) is 0 Å². The Morgan fingerprint density at radius 1 is 1.25 bits per heavy atom. The third-order valence-corrected chi connectivity index (χ3v) is 5.40. The van der Waals surface area contributed by atoms with Gasteiger partial charge in [-0.15, -0.1) is 11.3 Å². The first-order chi connectivity index (χ1) is 11.8. The van der Waals surface area contributed by atoms with Crippen molar-refractivity contribution in [1.29, 1.82) is 0 Å². The first-order valence-electron chi connectivity index (χ1n) is 8.41. The number of para-hydroxylation sites is 1. The number of benzene rings is 1. The number of piperidine rings is 1. The van der Waals surface area contributed by atoms with Gasteiger partial charge in [0.15, 0.2) is 0 Å². The maximum atomic E-state index is 12.5. The van der Waals surface area contributed by atoms with Gasteiger partial charge in [-0.25, -0.2) is 0 Å². The van der Waals surface area contributed by atoms with Gasteiger partial charge in [-0.3, -0.25) is 4.79 Å². The molecule has 0 radical (unpaired) electrons. The largest absolute Gasteiger partial charge is 0.496 e. The number of rotatable bonds is 6. The molecule has 3 rings (SSSR count). The molecule has 1 fully saturated rings. The van der Waals surface area contributed by atoms with Crippen LogP contribution in [0.1, 0.15) is 23.3 Å². The molecular formula is C19H24N2O2S. The number of nitrogens with one attached hydrogen (secondary N) is 1. The lowest BCUT2D eigenvalue weighted by Crippen LogP contribution is -2.45. The number of carbonyl (C=O) groups is 1. The van der Waals surface area contributed by atoms with Crippen LogP contribution in [0.15, 0.2) is 41.8 Å². The summed E-state index contributed by atoms with van der Waals surface area (Å²) in [6, 6.07) is 12.5. The summed E-state index contributed by atoms with van der Waals surface area (Å²) >= 11 is 1.78. The van der Waals surface area contributed by atoms with Crippen molar-refractivity contribution < 1.29 is 9.53 Å². The van der Waals surface area contributed by atoms with Crippen LogP contribution in [-0.2, 0) is 17.8 Å². The van der Waals surface area contributed by atoms with Crippen molar-refractivity contribution in [2.75, 3.05) is 20.2 Å². The lowest BCUT2D eigenvalue weighted by Gasteiger charge is -2.32. The van der Waals surface area contributed by atoms with Gasteiger partial charge in [0.2, 0.25) is 5.91 Å². The summed E-state index contributed by atoms with van der Waals surface area (Å²) < 4.78 is 5.34. The molecule has 0 atom stereocenters. The SMILES string of the molecule is COc1ccccc1CC(=O)N1CCC(NCc2cccs2)CC1. The number of nitrogens with zero attached hydrogens (tertiary/aromatic N) is 1. The highest BCUT2D eigenvalue weighted by Crippen LogP contribution is 2.20. The molecule has 0 unspecified atom stereocenters. The molecule has 1 N–H and O–H groups in total. The Labute approximate surface area is 147 Å². The smallest absolute Gasteiger partial charge is 0.227 e. The molecule has 0 spiro atoms. The third kappa shape index (κ3) is 4.36. The molecule has 0 saturated carbocycles. The molecule has 1 aromatic carbocycles. The molecule has 5 heteroatoms. The fourth-order valence-corrected chi connectivity index (χ4v) is 3.77. The van der Waals surface area contributed by atoms with E-state index in [0.717, 1.165) is 43.8 Å². The number of likely N-dealkylation sites (tertiary alicyclic amines) is 1. The Bertz CT molecular complexity index is 649. The average Bonchev–Trinajstić information content (AvgIpc) is 3.14. The van der Waals surface area contributed by atoms with Crippen molar-refractivity contribution in [3.8, 4) is 5.75 Å². The van der Waals surface area contributed by atoms with E-state index in [2.05, 4.69) is 22.8 Å². The topological polar surface area (TPSA) is 41.6 Å². The second kappa shape index (κ2) is 8.31. The van der Waals surface area contributed by atoms with Gasteiger partial charge in [-0.2, -0.15) is 0 Å². The minimum absolute atomic E-state index is 0.191. The van der Waals surface area contributed by atoms with Crippen LogP contribution in [0.2, 0.25) is 0 Å². The van der Waals surface area contributed by atoms with Gasteiger partial charge < -0.3 is 15.0 Å². The number of hydrogen-bond donors (Lipinski definition) is 1. The van der Waals surface area contributed by atoms with Gasteiger partial charge in [-0.1, -0.05) is 24.3 Å². The third-order valence-electron chi connectivity index (χ3n) is 4.53. The van der Waals surface area contributed by atoms with Crippen molar-refractivity contribution in [2.45, 2.75) is 31.8 Å². The van der Waals surface area contributed by atoms with Crippen molar-refractivity contribution >= 4 is 17.2 Å². The zero-order valence-corrected chi connectivity index (χ0v) is 14.8. The van der Waals surface area contributed by atoms with Crippen LogP contribution in [-0.4, -0.2) is 37.0 Å². The van der Waals surface area contributed by atoms with Crippen LogP contribution < -0.4 is 10.1 Å². The molecular weight excluding hydrogens is 320 g/mol. The second-order valence-electron chi connectivity index (χ2n) is 6.10. The molecule has 0 bridgehead atoms. The molecule has 2 aromatic rings. The summed E-state index contributed by atoms with van der Waals surface area (Å²) in [6.45, 7) is 2.59. The van der Waals surface area contributed by atoms with Gasteiger partial charge in [0.25, 0.3) is 0 Å². The van der Waals surface area contributed by atoms with E-state index in [0.29, 0.717) is 12.5 Å². The molecule has 1 amide bonds. The van der Waals surface area contributed by atoms with Gasteiger partial charge in [0.1, 0.15) is 5.75 Å². The van der Waals surface area contributed by atoms with E-state index in [1.165, 1.54) is 4.88 Å². The van der Waals surface area contributed by atoms with Gasteiger partial charge in [-0.05, 0) is 30.4 Å². The number of thiophene rings is 1. The van der Waals surface area contributed by atoms with E-state index >= 15 is 0 Å². The Balaban J connectivity index is 1.46. The number of methoxy groups -OCH3 is 1. The van der Waals surface area contributed by atoms with Crippen LogP contribution in [0, 0.1) is 0 Å². The zero-order chi connectivity index (χ0) is 16.8. The zero-order valence-electron chi connectivity index (χ0n) is 14.0. The molecule has 24 heavy (non-hydrogen) atoms. The maximum absolute atomic E-state index is 12.5. The maximum Gasteiger partial charge on any atom is 0.227 e. The summed E-state index contributed by atoms with van der Waals surface area (Å²) in [5.74, 6) is 0.981. The number of amides is 1. The second-order valence-corrected chi connectivity index (χ2v) is 7.14. The number of carbonyl (C=O) groups excluding carboxylic acids is 1. The molecule has 1 aliphatic rings. The predicted octanol–water partition coefficient (Wildman–Crippen LogP) is 3.08. The predicted molar refractivity (Wildman–Crippen MR) is 97.5 cm³/mol. The van der Waals surface area contributed by atoms with E-state index in [4.69, 9.17) is 4.74 Å². The quantitative estimate of drug-likeness (QED) is 0.876. The average molecular weight is 344 g/mol. The molecule has 1 aromatic heterocycles. The van der Waals surface area contributed by atoms with Crippen molar-refractivity contribution in [3.05, 3.63) is 52.2 Å². The first kappa shape index (κ1) is 17.0. The van der Waals surface area contributed by atoms with E-state index in [9.17, 15) is 4.79 Å². The van der Waals surface area contributed by atoms with Crippen LogP contribution >= 0.6 is 11.3 Å². The summed E-state index contributed by atoms with van der Waals surface area (Å²) in [7, 11) is 1.65. The van der Waals surface area contributed by atoms with Gasteiger partial charge >= 0.3 is 0 Å². The van der Waals surface area contributed by atoms with Crippen LogP contribution in [0.4, 0.5) is 0 Å². The highest BCUT2D eigenvalue weighted by molar-refractivity contribution is 7.09. The summed E-state index contributed by atoms with van der Waals surface area (Å²) in [5, 5.41) is 5.71. The highest BCUT2D eigenvalue weighted by atomic mass is 32.1. The molecule has 0 aliphatic carbocycles. The van der Waals surface area contributed by atoms with Crippen molar-refractivity contribution in [1.82, 2.24) is 10.2 Å². The normalized spacial score (nSPS) is 15.5. The Hall–Kier alpha value is -1.85. The summed E-state index contributed by atoms with van der Waals surface area (Å²) in [6.07, 6.45) is 2.45. The standard InChI is InChI=1S/C19H24N2O2S/c1-23-18-7-3-2-5-15(18)13-19(22)21-10-8-16(9-11-21)20-14-17-6-4-12-24-17/h2-7,12,16,20H,8-11,13-14H2,1H3. The van der Waals surface area contributed by atoms with E-state index < -0.39 is 0 Å². The van der Waals surface area contributed by atoms with Gasteiger partial charge in [0, 0.05) is 36.1 Å². The summed E-state index contributed by atoms with van der Waals surface area (Å²) in [5.41, 5.74) is 0.961. The minimum atomic E-state index is 0.191. The fraction of sp³-hybridized carbons (Fsp3) is 0.421. The first-order valence-corrected chi connectivity index (χ1v) is 9.29. The lowest BCUT2D eigenvalue weighted by molar-refractivity contribution is -0.131. The Morgan fingerprint density at radius 3 is 2.75 bits per heavy atom. The molecule has 2 heterocycles. The lowest BCUT2D eigenvalue weighted by atomic mass is 10.0. The summed E-state index contributed by atoms with van der Waals surface area (Å²) in [4.78, 5) is 15.9. The van der Waals surface area contributed by atoms with Crippen molar-refractivity contribution in [2.24, 2.45) is 0 Å². The van der Waals surface area contributed by atoms with Crippen LogP contribution in [0.5, 0.6) is 5.75 Å². The molecule has 1 aliphatic heterocycles. The van der Waals surface area contributed by atoms with Crippen LogP contribution in [0.3, 0.4) is 0 Å². The number of hydrogen-bond acceptors (Lipinski definition) is 4. The molecule has 4 nitrogen and oxygen atoms in total. The van der Waals surface area contributed by atoms with Crippen LogP contribution in [0.25, 0.3) is 0 Å². The molecule has 128 valence electrons. The minimum Gasteiger partial charge on any atom is -0.496 e.